The molecule has 0 aliphatic rings. The van der Waals surface area contributed by atoms with Crippen LogP contribution in [0.5, 0.6) is 0 Å². The summed E-state index contributed by atoms with van der Waals surface area (Å²) in [5.74, 6) is -0.379. The van der Waals surface area contributed by atoms with Gasteiger partial charge in [-0.15, -0.1) is 0 Å². The molecule has 0 saturated heterocycles. The van der Waals surface area contributed by atoms with E-state index in [2.05, 4.69) is 0 Å². The predicted octanol–water partition coefficient (Wildman–Crippen LogP) is 0.146. The Morgan fingerprint density at radius 1 is 1.23 bits per heavy atom. The standard InChI is InChI=1S/C7H7NO.H3O3P/c8-7(9)6-4-2-1-3-5-6;1-4(2)3/h1-5H,(H2,8,9);4H,(H2,1,2,3). The second-order valence-electron chi connectivity index (χ2n) is 2.01. The van der Waals surface area contributed by atoms with Crippen LogP contribution in [0.3, 0.4) is 0 Å². The van der Waals surface area contributed by atoms with E-state index in [1.165, 1.54) is 0 Å². The van der Waals surface area contributed by atoms with Crippen LogP contribution in [0, 0.1) is 0 Å². The zero-order chi connectivity index (χ0) is 10.3. The van der Waals surface area contributed by atoms with Crippen LogP contribution in [0.1, 0.15) is 10.4 Å². The van der Waals surface area contributed by atoms with Gasteiger partial charge in [0, 0.05) is 5.56 Å². The van der Waals surface area contributed by atoms with E-state index in [1.807, 2.05) is 6.07 Å². The Hall–Kier alpha value is -1.16. The number of rotatable bonds is 1. The molecule has 6 heteroatoms. The highest BCUT2D eigenvalue weighted by Gasteiger charge is 1.93. The molecule has 0 aliphatic carbocycles. The minimum absolute atomic E-state index is 0.379. The van der Waals surface area contributed by atoms with Gasteiger partial charge in [0.15, 0.2) is 0 Å². The van der Waals surface area contributed by atoms with Crippen molar-refractivity contribution >= 4 is 14.2 Å². The van der Waals surface area contributed by atoms with Gasteiger partial charge < -0.3 is 15.5 Å². The van der Waals surface area contributed by atoms with Crippen molar-refractivity contribution in [1.29, 1.82) is 0 Å². The minimum atomic E-state index is -3.13. The first-order valence-corrected chi connectivity index (χ1v) is 4.61. The van der Waals surface area contributed by atoms with Crippen molar-refractivity contribution in [3.8, 4) is 0 Å². The van der Waals surface area contributed by atoms with E-state index < -0.39 is 8.25 Å². The molecule has 0 bridgehead atoms. The molecule has 5 nitrogen and oxygen atoms in total. The molecular weight excluding hydrogens is 193 g/mol. The van der Waals surface area contributed by atoms with E-state index in [-0.39, 0.29) is 5.91 Å². The van der Waals surface area contributed by atoms with Crippen LogP contribution in [0.4, 0.5) is 0 Å². The van der Waals surface area contributed by atoms with E-state index in [1.54, 1.807) is 24.3 Å². The third-order valence-corrected chi connectivity index (χ3v) is 1.06. The van der Waals surface area contributed by atoms with E-state index >= 15 is 0 Å². The number of nitrogens with two attached hydrogens (primary N) is 1. The number of carbonyl (C=O) groups is 1. The Kier molecular flexibility index (Phi) is 5.80. The highest BCUT2D eigenvalue weighted by Crippen LogP contribution is 1.98. The monoisotopic (exact) mass is 203 g/mol. The molecule has 0 aliphatic heterocycles. The number of hydrogen-bond donors (Lipinski definition) is 3. The Balaban J connectivity index is 0.000000310. The third kappa shape index (κ3) is 7.21. The van der Waals surface area contributed by atoms with Gasteiger partial charge in [-0.05, 0) is 12.1 Å². The molecule has 0 aromatic heterocycles. The maximum absolute atomic E-state index is 10.4. The molecule has 0 atom stereocenters. The molecule has 0 unspecified atom stereocenters. The van der Waals surface area contributed by atoms with Gasteiger partial charge in [0.1, 0.15) is 0 Å². The van der Waals surface area contributed by atoms with Gasteiger partial charge in [0.2, 0.25) is 5.91 Å². The average molecular weight is 203 g/mol. The summed E-state index contributed by atoms with van der Waals surface area (Å²) in [6.45, 7) is 0. The molecule has 1 amide bonds. The van der Waals surface area contributed by atoms with E-state index in [0.29, 0.717) is 5.56 Å². The first kappa shape index (κ1) is 11.8. The van der Waals surface area contributed by atoms with E-state index in [0.717, 1.165) is 0 Å². The molecule has 0 spiro atoms. The summed E-state index contributed by atoms with van der Waals surface area (Å²) in [6.07, 6.45) is 0. The van der Waals surface area contributed by atoms with Gasteiger partial charge in [0.25, 0.3) is 0 Å². The van der Waals surface area contributed by atoms with Crippen molar-refractivity contribution in [2.24, 2.45) is 5.73 Å². The number of hydrogen-bond acceptors (Lipinski definition) is 2. The first-order valence-electron chi connectivity index (χ1n) is 3.30. The van der Waals surface area contributed by atoms with Gasteiger partial charge in [-0.1, -0.05) is 18.2 Å². The van der Waals surface area contributed by atoms with Crippen molar-refractivity contribution in [3.63, 3.8) is 0 Å². The fourth-order valence-corrected chi connectivity index (χ4v) is 0.602. The van der Waals surface area contributed by atoms with E-state index in [4.69, 9.17) is 20.1 Å². The van der Waals surface area contributed by atoms with Crippen molar-refractivity contribution in [3.05, 3.63) is 35.9 Å². The summed E-state index contributed by atoms with van der Waals surface area (Å²) in [4.78, 5) is 24.7. The Morgan fingerprint density at radius 3 is 1.85 bits per heavy atom. The van der Waals surface area contributed by atoms with Gasteiger partial charge in [-0.2, -0.15) is 0 Å². The minimum Gasteiger partial charge on any atom is -0.366 e. The summed E-state index contributed by atoms with van der Waals surface area (Å²) in [5, 5.41) is 0. The molecule has 0 heterocycles. The SMILES string of the molecule is NC(=O)c1ccccc1.O=[PH](O)O. The summed E-state index contributed by atoms with van der Waals surface area (Å²) in [7, 11) is -3.13. The second-order valence-corrected chi connectivity index (χ2v) is 2.58. The highest BCUT2D eigenvalue weighted by atomic mass is 31.1. The zero-order valence-electron chi connectivity index (χ0n) is 6.68. The quantitative estimate of drug-likeness (QED) is 0.565. The van der Waals surface area contributed by atoms with Crippen LogP contribution in [0.25, 0.3) is 0 Å². The summed E-state index contributed by atoms with van der Waals surface area (Å²) in [5.41, 5.74) is 5.53. The van der Waals surface area contributed by atoms with Crippen LogP contribution in [0.2, 0.25) is 0 Å². The fraction of sp³-hybridized carbons (Fsp3) is 0. The summed E-state index contributed by atoms with van der Waals surface area (Å²) in [6, 6.07) is 8.76. The Morgan fingerprint density at radius 2 is 1.62 bits per heavy atom. The van der Waals surface area contributed by atoms with Crippen LogP contribution in [0.15, 0.2) is 30.3 Å². The molecule has 1 aromatic rings. The van der Waals surface area contributed by atoms with Gasteiger partial charge in [0.05, 0.1) is 0 Å². The summed E-state index contributed by atoms with van der Waals surface area (Å²) < 4.78 is 8.74. The number of amides is 1. The van der Waals surface area contributed by atoms with Crippen LogP contribution in [-0.2, 0) is 4.57 Å². The van der Waals surface area contributed by atoms with E-state index in [9.17, 15) is 4.79 Å². The molecular formula is C7H10NO4P. The predicted molar refractivity (Wildman–Crippen MR) is 48.4 cm³/mol. The lowest BCUT2D eigenvalue weighted by molar-refractivity contribution is 0.100. The lowest BCUT2D eigenvalue weighted by Gasteiger charge is -1.89. The van der Waals surface area contributed by atoms with Crippen molar-refractivity contribution in [2.75, 3.05) is 0 Å². The molecule has 4 N–H and O–H groups in total. The van der Waals surface area contributed by atoms with Gasteiger partial charge in [-0.3, -0.25) is 9.36 Å². The topological polar surface area (TPSA) is 101 Å². The molecule has 1 rings (SSSR count). The fourth-order valence-electron chi connectivity index (χ4n) is 0.602. The number of primary amides is 1. The van der Waals surface area contributed by atoms with Gasteiger partial charge in [-0.25, -0.2) is 0 Å². The normalized spacial score (nSPS) is 8.85. The molecule has 13 heavy (non-hydrogen) atoms. The Bertz CT molecular complexity index is 284. The number of benzene rings is 1. The zero-order valence-corrected chi connectivity index (χ0v) is 7.68. The Labute approximate surface area is 75.8 Å². The second kappa shape index (κ2) is 6.37. The van der Waals surface area contributed by atoms with Crippen LogP contribution in [-0.4, -0.2) is 15.7 Å². The molecule has 72 valence electrons. The maximum Gasteiger partial charge on any atom is 0.314 e. The summed E-state index contributed by atoms with van der Waals surface area (Å²) >= 11 is 0. The van der Waals surface area contributed by atoms with Crippen molar-refractivity contribution in [2.45, 2.75) is 0 Å². The molecule has 1 aromatic carbocycles. The average Bonchev–Trinajstić information content (AvgIpc) is 2.05. The lowest BCUT2D eigenvalue weighted by atomic mass is 10.2. The smallest absolute Gasteiger partial charge is 0.314 e. The lowest BCUT2D eigenvalue weighted by Crippen LogP contribution is -2.09. The van der Waals surface area contributed by atoms with Crippen LogP contribution >= 0.6 is 8.25 Å². The van der Waals surface area contributed by atoms with Crippen molar-refractivity contribution < 1.29 is 19.1 Å². The highest BCUT2D eigenvalue weighted by molar-refractivity contribution is 7.30. The van der Waals surface area contributed by atoms with Crippen LogP contribution < -0.4 is 5.73 Å². The molecule has 0 radical (unpaired) electrons. The maximum atomic E-state index is 10.4. The largest absolute Gasteiger partial charge is 0.366 e. The molecule has 0 saturated carbocycles. The molecule has 0 fully saturated rings. The first-order chi connectivity index (χ1) is 6.04. The third-order valence-electron chi connectivity index (χ3n) is 1.06. The van der Waals surface area contributed by atoms with Gasteiger partial charge >= 0.3 is 8.25 Å². The number of carbonyl (C=O) groups excluding carboxylic acids is 1. The van der Waals surface area contributed by atoms with Crippen molar-refractivity contribution in [1.82, 2.24) is 0 Å².